The summed E-state index contributed by atoms with van der Waals surface area (Å²) in [6.45, 7) is 4.72. The molecule has 2 aromatic carbocycles. The van der Waals surface area contributed by atoms with Crippen LogP contribution in [0.25, 0.3) is 0 Å². The number of aromatic nitrogens is 2. The maximum atomic E-state index is 6.39. The zero-order chi connectivity index (χ0) is 22.7. The van der Waals surface area contributed by atoms with Gasteiger partial charge in [-0.15, -0.1) is 0 Å². The third-order valence-electron chi connectivity index (χ3n) is 7.31. The zero-order valence-corrected chi connectivity index (χ0v) is 20.3. The Hall–Kier alpha value is -1.92. The smallest absolute Gasteiger partial charge is 0.240 e. The van der Waals surface area contributed by atoms with E-state index in [0.29, 0.717) is 18.4 Å². The first-order valence-corrected chi connectivity index (χ1v) is 12.7. The molecule has 7 heteroatoms. The van der Waals surface area contributed by atoms with Crippen molar-refractivity contribution >= 4 is 23.2 Å². The van der Waals surface area contributed by atoms with Crippen LogP contribution in [0.4, 0.5) is 0 Å². The Labute approximate surface area is 205 Å². The van der Waals surface area contributed by atoms with Crippen molar-refractivity contribution in [2.45, 2.75) is 50.0 Å². The van der Waals surface area contributed by atoms with Gasteiger partial charge in [-0.3, -0.25) is 0 Å². The Morgan fingerprint density at radius 2 is 1.79 bits per heavy atom. The molecular formula is C26H30Cl2N4O. The number of hydrogen-bond acceptors (Lipinski definition) is 5. The molecule has 0 unspecified atom stereocenters. The SMILES string of the molecule is Clc1ccc(C2(c3noc(CNCCN4CCC(c5ccccc5Cl)CC4)n3)CCC2)cc1. The minimum absolute atomic E-state index is 0.127. The lowest BCUT2D eigenvalue weighted by Gasteiger charge is -2.39. The lowest BCUT2D eigenvalue weighted by molar-refractivity contribution is 0.211. The molecule has 174 valence electrons. The number of piperidine rings is 1. The van der Waals surface area contributed by atoms with Crippen LogP contribution in [0.3, 0.4) is 0 Å². The molecule has 1 saturated carbocycles. The van der Waals surface area contributed by atoms with Gasteiger partial charge in [0, 0.05) is 23.1 Å². The number of nitrogens with zero attached hydrogens (tertiary/aromatic N) is 3. The fraction of sp³-hybridized carbons (Fsp3) is 0.462. The summed E-state index contributed by atoms with van der Waals surface area (Å²) in [7, 11) is 0. The second-order valence-electron chi connectivity index (χ2n) is 9.27. The summed E-state index contributed by atoms with van der Waals surface area (Å²) in [5.41, 5.74) is 2.39. The van der Waals surface area contributed by atoms with Gasteiger partial charge < -0.3 is 14.7 Å². The summed E-state index contributed by atoms with van der Waals surface area (Å²) in [5, 5.41) is 9.46. The second kappa shape index (κ2) is 10.1. The van der Waals surface area contributed by atoms with Crippen LogP contribution in [0.1, 0.15) is 60.9 Å². The molecule has 3 aromatic rings. The highest BCUT2D eigenvalue weighted by Crippen LogP contribution is 2.47. The summed E-state index contributed by atoms with van der Waals surface area (Å²) >= 11 is 12.5. The van der Waals surface area contributed by atoms with E-state index < -0.39 is 0 Å². The lowest BCUT2D eigenvalue weighted by Crippen LogP contribution is -2.38. The van der Waals surface area contributed by atoms with E-state index >= 15 is 0 Å². The van der Waals surface area contributed by atoms with E-state index in [2.05, 4.69) is 39.6 Å². The van der Waals surface area contributed by atoms with Crippen LogP contribution in [0, 0.1) is 0 Å². The molecule has 1 saturated heterocycles. The van der Waals surface area contributed by atoms with E-state index in [1.165, 1.54) is 17.5 Å². The molecule has 1 aliphatic carbocycles. The molecular weight excluding hydrogens is 455 g/mol. The molecule has 0 atom stereocenters. The first-order valence-electron chi connectivity index (χ1n) is 11.9. The van der Waals surface area contributed by atoms with E-state index in [4.69, 9.17) is 32.7 Å². The summed E-state index contributed by atoms with van der Waals surface area (Å²) < 4.78 is 5.58. The quantitative estimate of drug-likeness (QED) is 0.408. The molecule has 5 rings (SSSR count). The highest BCUT2D eigenvalue weighted by atomic mass is 35.5. The molecule has 2 aliphatic rings. The molecule has 0 amide bonds. The van der Waals surface area contributed by atoms with Gasteiger partial charge in [0.25, 0.3) is 0 Å². The van der Waals surface area contributed by atoms with Crippen molar-refractivity contribution in [3.63, 3.8) is 0 Å². The predicted molar refractivity (Wildman–Crippen MR) is 132 cm³/mol. The fourth-order valence-electron chi connectivity index (χ4n) is 5.17. The Morgan fingerprint density at radius 3 is 2.48 bits per heavy atom. The van der Waals surface area contributed by atoms with Crippen LogP contribution in [0.15, 0.2) is 53.1 Å². The molecule has 1 aliphatic heterocycles. The van der Waals surface area contributed by atoms with Crippen molar-refractivity contribution in [3.05, 3.63) is 81.4 Å². The van der Waals surface area contributed by atoms with Gasteiger partial charge in [0.15, 0.2) is 5.82 Å². The zero-order valence-electron chi connectivity index (χ0n) is 18.8. The number of likely N-dealkylation sites (tertiary alicyclic amines) is 1. The Bertz CT molecular complexity index is 1060. The van der Waals surface area contributed by atoms with Gasteiger partial charge in [0.1, 0.15) is 0 Å². The number of halogens is 2. The van der Waals surface area contributed by atoms with Crippen molar-refractivity contribution in [2.75, 3.05) is 26.2 Å². The van der Waals surface area contributed by atoms with Gasteiger partial charge in [-0.05, 0) is 74.0 Å². The number of benzene rings is 2. The third-order valence-corrected chi connectivity index (χ3v) is 7.91. The maximum absolute atomic E-state index is 6.39. The summed E-state index contributed by atoms with van der Waals surface area (Å²) in [6.07, 6.45) is 5.58. The minimum Gasteiger partial charge on any atom is -0.338 e. The summed E-state index contributed by atoms with van der Waals surface area (Å²) in [4.78, 5) is 7.26. The van der Waals surface area contributed by atoms with Crippen LogP contribution >= 0.6 is 23.2 Å². The summed E-state index contributed by atoms with van der Waals surface area (Å²) in [6, 6.07) is 16.3. The van der Waals surface area contributed by atoms with Crippen LogP contribution in [-0.2, 0) is 12.0 Å². The first kappa shape index (κ1) is 22.9. The molecule has 2 heterocycles. The van der Waals surface area contributed by atoms with Gasteiger partial charge >= 0.3 is 0 Å². The molecule has 1 N–H and O–H groups in total. The fourth-order valence-corrected chi connectivity index (χ4v) is 5.58. The average Bonchev–Trinajstić information content (AvgIpc) is 3.27. The molecule has 0 bridgehead atoms. The maximum Gasteiger partial charge on any atom is 0.240 e. The van der Waals surface area contributed by atoms with Crippen LogP contribution < -0.4 is 5.32 Å². The van der Waals surface area contributed by atoms with Crippen molar-refractivity contribution in [1.29, 1.82) is 0 Å². The van der Waals surface area contributed by atoms with Gasteiger partial charge in [0.05, 0.1) is 12.0 Å². The number of nitrogens with one attached hydrogen (secondary N) is 1. The number of rotatable bonds is 8. The molecule has 1 aromatic heterocycles. The van der Waals surface area contributed by atoms with Crippen LogP contribution in [-0.4, -0.2) is 41.2 Å². The van der Waals surface area contributed by atoms with Crippen molar-refractivity contribution in [3.8, 4) is 0 Å². The first-order chi connectivity index (χ1) is 16.1. The second-order valence-corrected chi connectivity index (χ2v) is 10.1. The predicted octanol–water partition coefficient (Wildman–Crippen LogP) is 5.82. The van der Waals surface area contributed by atoms with Gasteiger partial charge in [-0.2, -0.15) is 4.98 Å². The summed E-state index contributed by atoms with van der Waals surface area (Å²) in [5.74, 6) is 2.02. The van der Waals surface area contributed by atoms with E-state index in [-0.39, 0.29) is 5.41 Å². The molecule has 0 spiro atoms. The Balaban J connectivity index is 1.08. The van der Waals surface area contributed by atoms with E-state index in [1.54, 1.807) is 0 Å². The standard InChI is InChI=1S/C26H30Cl2N4O/c27-21-8-6-20(7-9-21)26(12-3-13-26)25-30-24(33-31-25)18-29-14-17-32-15-10-19(11-16-32)22-4-1-2-5-23(22)28/h1-2,4-9,19,29H,3,10-18H2. The van der Waals surface area contributed by atoms with Crippen LogP contribution in [0.2, 0.25) is 10.0 Å². The lowest BCUT2D eigenvalue weighted by atomic mass is 9.64. The third kappa shape index (κ3) is 4.97. The highest BCUT2D eigenvalue weighted by Gasteiger charge is 2.44. The Kier molecular flexibility index (Phi) is 7.02. The van der Waals surface area contributed by atoms with Gasteiger partial charge in [-0.1, -0.05) is 65.1 Å². The molecule has 33 heavy (non-hydrogen) atoms. The number of hydrogen-bond donors (Lipinski definition) is 1. The van der Waals surface area contributed by atoms with Crippen molar-refractivity contribution in [2.24, 2.45) is 0 Å². The van der Waals surface area contributed by atoms with Crippen molar-refractivity contribution in [1.82, 2.24) is 20.4 Å². The molecule has 0 radical (unpaired) electrons. The van der Waals surface area contributed by atoms with E-state index in [9.17, 15) is 0 Å². The highest BCUT2D eigenvalue weighted by molar-refractivity contribution is 6.31. The van der Waals surface area contributed by atoms with E-state index in [0.717, 1.165) is 67.7 Å². The topological polar surface area (TPSA) is 54.2 Å². The van der Waals surface area contributed by atoms with Gasteiger partial charge in [-0.25, -0.2) is 0 Å². The van der Waals surface area contributed by atoms with Crippen molar-refractivity contribution < 1.29 is 4.52 Å². The van der Waals surface area contributed by atoms with E-state index in [1.807, 2.05) is 24.3 Å². The molecule has 5 nitrogen and oxygen atoms in total. The van der Waals surface area contributed by atoms with Gasteiger partial charge in [0.2, 0.25) is 5.89 Å². The largest absolute Gasteiger partial charge is 0.338 e. The average molecular weight is 485 g/mol. The Morgan fingerprint density at radius 1 is 1.03 bits per heavy atom. The monoisotopic (exact) mass is 484 g/mol. The van der Waals surface area contributed by atoms with Crippen LogP contribution in [0.5, 0.6) is 0 Å². The normalized spacial score (nSPS) is 18.8. The minimum atomic E-state index is -0.127. The molecule has 2 fully saturated rings.